The van der Waals surface area contributed by atoms with Crippen molar-refractivity contribution < 1.29 is 9.12 Å². The topological polar surface area (TPSA) is 26.9 Å². The molecular weight excluding hydrogens is 229 g/mol. The number of aromatic nitrogens is 1. The first kappa shape index (κ1) is 10.7. The minimum absolute atomic E-state index is 0.340. The van der Waals surface area contributed by atoms with Crippen LogP contribution in [0.4, 0.5) is 4.39 Å². The quantitative estimate of drug-likeness (QED) is 0.473. The molecule has 1 heterocycles. The van der Waals surface area contributed by atoms with Crippen molar-refractivity contribution in [2.24, 2.45) is 0 Å². The molecule has 0 radical (unpaired) electrons. The summed E-state index contributed by atoms with van der Waals surface area (Å²) < 4.78 is 14.4. The third-order valence-electron chi connectivity index (χ3n) is 2.91. The van der Waals surface area contributed by atoms with Gasteiger partial charge in [0.05, 0.1) is 10.9 Å². The molecule has 2 nitrogen and oxygen atoms in total. The maximum atomic E-state index is 13.6. The van der Waals surface area contributed by atoms with E-state index in [1.807, 2.05) is 30.3 Å². The average molecular weight is 239 g/mol. The van der Waals surface area contributed by atoms with Gasteiger partial charge in [0.2, 0.25) is 5.52 Å². The summed E-state index contributed by atoms with van der Waals surface area (Å²) in [5.74, 6) is -0.340. The fourth-order valence-electron chi connectivity index (χ4n) is 2.13. The van der Waals surface area contributed by atoms with E-state index in [1.165, 1.54) is 18.3 Å². The Morgan fingerprint density at radius 2 is 1.72 bits per heavy atom. The molecule has 0 spiro atoms. The fourth-order valence-corrected chi connectivity index (χ4v) is 2.13. The van der Waals surface area contributed by atoms with Gasteiger partial charge in [-0.25, -0.2) is 4.39 Å². The molecule has 3 heteroatoms. The second kappa shape index (κ2) is 4.11. The van der Waals surface area contributed by atoms with Crippen molar-refractivity contribution >= 4 is 10.9 Å². The first-order chi connectivity index (χ1) is 8.75. The smallest absolute Gasteiger partial charge is 0.231 e. The van der Waals surface area contributed by atoms with E-state index in [4.69, 9.17) is 0 Å². The van der Waals surface area contributed by atoms with Gasteiger partial charge in [0, 0.05) is 6.07 Å². The Bertz CT molecular complexity index is 710. The molecule has 0 atom stereocenters. The van der Waals surface area contributed by atoms with E-state index in [0.717, 1.165) is 10.3 Å². The van der Waals surface area contributed by atoms with Crippen LogP contribution in [0.15, 0.2) is 60.8 Å². The molecule has 0 aliphatic rings. The van der Waals surface area contributed by atoms with E-state index in [1.54, 1.807) is 12.1 Å². The summed E-state index contributed by atoms with van der Waals surface area (Å²) in [5, 5.41) is 12.5. The fraction of sp³-hybridized carbons (Fsp3) is 0. The highest BCUT2D eigenvalue weighted by molar-refractivity contribution is 5.91. The van der Waals surface area contributed by atoms with Gasteiger partial charge in [-0.15, -0.1) is 0 Å². The molecule has 2 aromatic carbocycles. The van der Waals surface area contributed by atoms with Crippen molar-refractivity contribution in [3.63, 3.8) is 0 Å². The third-order valence-corrected chi connectivity index (χ3v) is 2.91. The monoisotopic (exact) mass is 239 g/mol. The maximum absolute atomic E-state index is 13.6. The molecule has 0 N–H and O–H groups in total. The molecule has 3 aromatic rings. The highest BCUT2D eigenvalue weighted by Gasteiger charge is 2.13. The van der Waals surface area contributed by atoms with Gasteiger partial charge in [-0.2, -0.15) is 4.73 Å². The van der Waals surface area contributed by atoms with E-state index in [2.05, 4.69) is 0 Å². The Labute approximate surface area is 104 Å². The number of pyridine rings is 1. The first-order valence-corrected chi connectivity index (χ1v) is 5.62. The number of hydrogen-bond donors (Lipinski definition) is 0. The van der Waals surface area contributed by atoms with E-state index >= 15 is 0 Å². The van der Waals surface area contributed by atoms with Gasteiger partial charge in [0.1, 0.15) is 5.82 Å². The number of hydrogen-bond acceptors (Lipinski definition) is 1. The Balaban J connectivity index is 2.41. The minimum Gasteiger partial charge on any atom is -0.618 e. The molecule has 1 aromatic heterocycles. The molecular formula is C15H10FNO. The maximum Gasteiger partial charge on any atom is 0.231 e. The number of fused-ring (bicyclic) bond motifs is 1. The lowest BCUT2D eigenvalue weighted by Crippen LogP contribution is -2.26. The molecule has 3 rings (SSSR count). The Morgan fingerprint density at radius 3 is 2.50 bits per heavy atom. The molecule has 18 heavy (non-hydrogen) atoms. The molecule has 0 aliphatic carbocycles. The summed E-state index contributed by atoms with van der Waals surface area (Å²) in [6.45, 7) is 0. The van der Waals surface area contributed by atoms with Crippen LogP contribution in [0.2, 0.25) is 0 Å². The van der Waals surface area contributed by atoms with Gasteiger partial charge in [-0.3, -0.25) is 0 Å². The van der Waals surface area contributed by atoms with E-state index in [-0.39, 0.29) is 5.82 Å². The lowest BCUT2D eigenvalue weighted by molar-refractivity contribution is -0.576. The minimum atomic E-state index is -0.340. The summed E-state index contributed by atoms with van der Waals surface area (Å²) in [7, 11) is 0. The van der Waals surface area contributed by atoms with Crippen LogP contribution in [0, 0.1) is 11.0 Å². The van der Waals surface area contributed by atoms with Crippen molar-refractivity contribution in [3.8, 4) is 11.1 Å². The summed E-state index contributed by atoms with van der Waals surface area (Å²) in [6, 6.07) is 15.5. The van der Waals surface area contributed by atoms with Gasteiger partial charge in [-0.05, 0) is 23.8 Å². The first-order valence-electron chi connectivity index (χ1n) is 5.62. The molecule has 0 unspecified atom stereocenters. The zero-order valence-electron chi connectivity index (χ0n) is 9.51. The highest BCUT2D eigenvalue weighted by atomic mass is 19.1. The zero-order valence-corrected chi connectivity index (χ0v) is 9.51. The van der Waals surface area contributed by atoms with Crippen molar-refractivity contribution in [1.29, 1.82) is 0 Å². The molecule has 0 saturated heterocycles. The Kier molecular flexibility index (Phi) is 2.45. The van der Waals surface area contributed by atoms with Crippen LogP contribution in [0.3, 0.4) is 0 Å². The van der Waals surface area contributed by atoms with Gasteiger partial charge >= 0.3 is 0 Å². The highest BCUT2D eigenvalue weighted by Crippen LogP contribution is 2.27. The van der Waals surface area contributed by atoms with Crippen LogP contribution in [-0.2, 0) is 0 Å². The van der Waals surface area contributed by atoms with Gasteiger partial charge in [-0.1, -0.05) is 30.3 Å². The van der Waals surface area contributed by atoms with E-state index in [0.29, 0.717) is 16.5 Å². The molecule has 0 amide bonds. The number of halogens is 1. The predicted molar refractivity (Wildman–Crippen MR) is 68.3 cm³/mol. The summed E-state index contributed by atoms with van der Waals surface area (Å²) in [6.07, 6.45) is 1.42. The third kappa shape index (κ3) is 1.70. The number of nitrogens with zero attached hydrogens (tertiary/aromatic N) is 1. The summed E-state index contributed by atoms with van der Waals surface area (Å²) >= 11 is 0. The number of rotatable bonds is 1. The summed E-state index contributed by atoms with van der Waals surface area (Å²) in [4.78, 5) is 0. The number of benzene rings is 2. The van der Waals surface area contributed by atoms with E-state index in [9.17, 15) is 9.60 Å². The normalized spacial score (nSPS) is 10.7. The Morgan fingerprint density at radius 1 is 0.944 bits per heavy atom. The summed E-state index contributed by atoms with van der Waals surface area (Å²) in [5.41, 5.74) is 1.93. The lowest BCUT2D eigenvalue weighted by atomic mass is 10.0. The van der Waals surface area contributed by atoms with Gasteiger partial charge < -0.3 is 5.21 Å². The van der Waals surface area contributed by atoms with Crippen LogP contribution in [0.25, 0.3) is 22.0 Å². The molecule has 0 fully saturated rings. The second-order valence-corrected chi connectivity index (χ2v) is 4.09. The molecule has 0 bridgehead atoms. The van der Waals surface area contributed by atoms with Crippen LogP contribution in [0.1, 0.15) is 0 Å². The van der Waals surface area contributed by atoms with Crippen LogP contribution in [-0.4, -0.2) is 0 Å². The van der Waals surface area contributed by atoms with Gasteiger partial charge in [0.25, 0.3) is 0 Å². The lowest BCUT2D eigenvalue weighted by Gasteiger charge is -2.07. The van der Waals surface area contributed by atoms with Crippen molar-refractivity contribution in [1.82, 2.24) is 0 Å². The van der Waals surface area contributed by atoms with Gasteiger partial charge in [0.15, 0.2) is 6.20 Å². The van der Waals surface area contributed by atoms with Crippen molar-refractivity contribution in [2.45, 2.75) is 0 Å². The SMILES string of the molecule is [O-][n+]1cccc2cc(F)cc(-c3ccccc3)c21. The van der Waals surface area contributed by atoms with Crippen LogP contribution >= 0.6 is 0 Å². The van der Waals surface area contributed by atoms with E-state index < -0.39 is 0 Å². The average Bonchev–Trinajstić information content (AvgIpc) is 2.39. The second-order valence-electron chi connectivity index (χ2n) is 4.09. The Hall–Kier alpha value is -2.42. The van der Waals surface area contributed by atoms with Crippen molar-refractivity contribution in [2.75, 3.05) is 0 Å². The molecule has 88 valence electrons. The predicted octanol–water partition coefficient (Wildman–Crippen LogP) is 3.28. The zero-order chi connectivity index (χ0) is 12.5. The van der Waals surface area contributed by atoms with Crippen molar-refractivity contribution in [3.05, 3.63) is 71.8 Å². The van der Waals surface area contributed by atoms with Crippen LogP contribution < -0.4 is 4.73 Å². The molecule has 0 saturated carbocycles. The standard InChI is InChI=1S/C15H10FNO/c16-13-9-12-7-4-8-17(18)15(12)14(10-13)11-5-2-1-3-6-11/h1-10H. The molecule has 0 aliphatic heterocycles. The largest absolute Gasteiger partial charge is 0.618 e. The van der Waals surface area contributed by atoms with Crippen LogP contribution in [0.5, 0.6) is 0 Å².